The van der Waals surface area contributed by atoms with Gasteiger partial charge in [-0.2, -0.15) is 4.98 Å². The zero-order valence-electron chi connectivity index (χ0n) is 12.5. The summed E-state index contributed by atoms with van der Waals surface area (Å²) in [6, 6.07) is 4.19. The fourth-order valence-electron chi connectivity index (χ4n) is 2.09. The lowest BCUT2D eigenvalue weighted by molar-refractivity contribution is -0.118. The highest BCUT2D eigenvalue weighted by atomic mass is 16.5. The van der Waals surface area contributed by atoms with Gasteiger partial charge in [0.1, 0.15) is 5.75 Å². The number of methoxy groups -OCH3 is 1. The molecule has 2 aromatic rings. The third-order valence-electron chi connectivity index (χ3n) is 2.86. The van der Waals surface area contributed by atoms with E-state index in [4.69, 9.17) is 9.47 Å². The van der Waals surface area contributed by atoms with Gasteiger partial charge in [-0.05, 0) is 31.9 Å². The molecule has 1 aromatic heterocycles. The first-order valence-electron chi connectivity index (χ1n) is 6.46. The number of hydrogen-bond donors (Lipinski definition) is 2. The average Bonchev–Trinajstić information content (AvgIpc) is 2.85. The predicted molar refractivity (Wildman–Crippen MR) is 77.7 cm³/mol. The summed E-state index contributed by atoms with van der Waals surface area (Å²) in [4.78, 5) is 15.7. The smallest absolute Gasteiger partial charge is 0.336 e. The maximum atomic E-state index is 11.8. The third kappa shape index (κ3) is 3.71. The first-order chi connectivity index (χ1) is 9.99. The van der Waals surface area contributed by atoms with E-state index in [1.54, 1.807) is 0 Å². The van der Waals surface area contributed by atoms with Crippen molar-refractivity contribution in [3.05, 3.63) is 28.8 Å². The van der Waals surface area contributed by atoms with E-state index in [-0.39, 0.29) is 24.5 Å². The van der Waals surface area contributed by atoms with Gasteiger partial charge in [0.25, 0.3) is 5.91 Å². The molecule has 0 aliphatic rings. The molecule has 0 spiro atoms. The fourth-order valence-corrected chi connectivity index (χ4v) is 2.09. The van der Waals surface area contributed by atoms with Crippen molar-refractivity contribution in [2.24, 2.45) is 0 Å². The molecule has 2 rings (SSSR count). The van der Waals surface area contributed by atoms with Crippen molar-refractivity contribution in [1.29, 1.82) is 0 Å². The summed E-state index contributed by atoms with van der Waals surface area (Å²) in [5.74, 6) is 0.622. The highest BCUT2D eigenvalue weighted by molar-refractivity contribution is 5.90. The van der Waals surface area contributed by atoms with Gasteiger partial charge < -0.3 is 9.47 Å². The lowest BCUT2D eigenvalue weighted by Crippen LogP contribution is -2.21. The zero-order valence-corrected chi connectivity index (χ0v) is 12.5. The number of benzene rings is 1. The number of anilines is 1. The van der Waals surface area contributed by atoms with Crippen molar-refractivity contribution in [2.75, 3.05) is 19.0 Å². The highest BCUT2D eigenvalue weighted by Gasteiger charge is 2.10. The maximum Gasteiger partial charge on any atom is 0.336 e. The van der Waals surface area contributed by atoms with Crippen LogP contribution >= 0.6 is 0 Å². The normalized spacial score (nSPS) is 10.3. The Labute approximate surface area is 122 Å². The largest absolute Gasteiger partial charge is 0.483 e. The van der Waals surface area contributed by atoms with E-state index in [1.807, 2.05) is 32.9 Å². The van der Waals surface area contributed by atoms with Crippen LogP contribution in [0, 0.1) is 20.8 Å². The van der Waals surface area contributed by atoms with E-state index >= 15 is 0 Å². The van der Waals surface area contributed by atoms with Gasteiger partial charge in [-0.15, -0.1) is 5.10 Å². The average molecular weight is 290 g/mol. The van der Waals surface area contributed by atoms with Crippen LogP contribution in [0.3, 0.4) is 0 Å². The van der Waals surface area contributed by atoms with Crippen LogP contribution in [0.1, 0.15) is 16.7 Å². The summed E-state index contributed by atoms with van der Waals surface area (Å²) in [5.41, 5.74) is 3.17. The first-order valence-corrected chi connectivity index (χ1v) is 6.46. The monoisotopic (exact) mass is 290 g/mol. The Balaban J connectivity index is 1.95. The molecule has 1 aromatic carbocycles. The molecular weight excluding hydrogens is 272 g/mol. The Bertz CT molecular complexity index is 628. The summed E-state index contributed by atoms with van der Waals surface area (Å²) in [7, 11) is 1.45. The van der Waals surface area contributed by atoms with Gasteiger partial charge in [-0.3, -0.25) is 10.1 Å². The van der Waals surface area contributed by atoms with E-state index in [0.717, 1.165) is 22.4 Å². The molecule has 0 aliphatic carbocycles. The van der Waals surface area contributed by atoms with Crippen LogP contribution in [-0.4, -0.2) is 34.8 Å². The molecule has 0 saturated heterocycles. The quantitative estimate of drug-likeness (QED) is 0.875. The van der Waals surface area contributed by atoms with Gasteiger partial charge in [0.15, 0.2) is 6.61 Å². The van der Waals surface area contributed by atoms with Gasteiger partial charge in [0, 0.05) is 0 Å². The van der Waals surface area contributed by atoms with Crippen LogP contribution < -0.4 is 14.8 Å². The number of nitrogens with one attached hydrogen (secondary N) is 2. The molecule has 0 radical (unpaired) electrons. The van der Waals surface area contributed by atoms with Crippen LogP contribution in [0.25, 0.3) is 0 Å². The Hall–Kier alpha value is -2.57. The van der Waals surface area contributed by atoms with Crippen molar-refractivity contribution in [3.8, 4) is 11.8 Å². The number of aromatic amines is 1. The van der Waals surface area contributed by atoms with Gasteiger partial charge in [-0.25, -0.2) is 5.10 Å². The van der Waals surface area contributed by atoms with Crippen LogP contribution in [-0.2, 0) is 4.79 Å². The van der Waals surface area contributed by atoms with Gasteiger partial charge in [0.2, 0.25) is 5.95 Å². The number of rotatable bonds is 5. The Morgan fingerprint density at radius 3 is 2.52 bits per heavy atom. The van der Waals surface area contributed by atoms with Crippen LogP contribution in [0.2, 0.25) is 0 Å². The topological polar surface area (TPSA) is 89.1 Å². The first kappa shape index (κ1) is 14.8. The zero-order chi connectivity index (χ0) is 15.4. The van der Waals surface area contributed by atoms with Crippen molar-refractivity contribution >= 4 is 11.9 Å². The third-order valence-corrected chi connectivity index (χ3v) is 2.86. The Kier molecular flexibility index (Phi) is 4.42. The summed E-state index contributed by atoms with van der Waals surface area (Å²) in [5, 5.41) is 8.82. The van der Waals surface area contributed by atoms with E-state index in [2.05, 4.69) is 20.5 Å². The Morgan fingerprint density at radius 1 is 1.29 bits per heavy atom. The molecule has 0 bridgehead atoms. The molecule has 1 heterocycles. The number of carbonyl (C=O) groups excluding carboxylic acids is 1. The molecule has 7 heteroatoms. The lowest BCUT2D eigenvalue weighted by Gasteiger charge is -2.12. The lowest BCUT2D eigenvalue weighted by atomic mass is 10.1. The SMILES string of the molecule is COc1n[nH]c(NC(=O)COc2c(C)cc(C)cc2C)n1. The molecule has 0 saturated carbocycles. The molecule has 7 nitrogen and oxygen atoms in total. The number of carbonyl (C=O) groups is 1. The molecule has 0 aliphatic heterocycles. The number of aryl methyl sites for hydroxylation is 3. The molecular formula is C14H18N4O3. The number of amides is 1. The molecule has 0 unspecified atom stereocenters. The van der Waals surface area contributed by atoms with Gasteiger partial charge in [-0.1, -0.05) is 17.7 Å². The van der Waals surface area contributed by atoms with E-state index in [9.17, 15) is 4.79 Å². The van der Waals surface area contributed by atoms with Crippen LogP contribution in [0.5, 0.6) is 11.8 Å². The number of H-pyrrole nitrogens is 1. The fraction of sp³-hybridized carbons (Fsp3) is 0.357. The minimum absolute atomic E-state index is 0.103. The second kappa shape index (κ2) is 6.25. The summed E-state index contributed by atoms with van der Waals surface area (Å²) in [6.07, 6.45) is 0. The predicted octanol–water partition coefficient (Wildman–Crippen LogP) is 1.76. The number of ether oxygens (including phenoxy) is 2. The summed E-state index contributed by atoms with van der Waals surface area (Å²) >= 11 is 0. The molecule has 21 heavy (non-hydrogen) atoms. The second-order valence-electron chi connectivity index (χ2n) is 4.74. The van der Waals surface area contributed by atoms with E-state index < -0.39 is 0 Å². The van der Waals surface area contributed by atoms with Gasteiger partial charge >= 0.3 is 6.01 Å². The van der Waals surface area contributed by atoms with Crippen molar-refractivity contribution in [1.82, 2.24) is 15.2 Å². The van der Waals surface area contributed by atoms with E-state index in [1.165, 1.54) is 7.11 Å². The highest BCUT2D eigenvalue weighted by Crippen LogP contribution is 2.24. The van der Waals surface area contributed by atoms with Gasteiger partial charge in [0.05, 0.1) is 7.11 Å². The van der Waals surface area contributed by atoms with Crippen molar-refractivity contribution in [3.63, 3.8) is 0 Å². The molecule has 0 fully saturated rings. The molecule has 0 atom stereocenters. The molecule has 2 N–H and O–H groups in total. The molecule has 1 amide bonds. The number of nitrogens with zero attached hydrogens (tertiary/aromatic N) is 2. The van der Waals surface area contributed by atoms with Crippen molar-refractivity contribution in [2.45, 2.75) is 20.8 Å². The van der Waals surface area contributed by atoms with Crippen molar-refractivity contribution < 1.29 is 14.3 Å². The minimum Gasteiger partial charge on any atom is -0.483 e. The minimum atomic E-state index is -0.326. The molecule has 112 valence electrons. The van der Waals surface area contributed by atoms with Crippen LogP contribution in [0.4, 0.5) is 5.95 Å². The number of aromatic nitrogens is 3. The Morgan fingerprint density at radius 2 is 1.95 bits per heavy atom. The second-order valence-corrected chi connectivity index (χ2v) is 4.74. The van der Waals surface area contributed by atoms with Crippen LogP contribution in [0.15, 0.2) is 12.1 Å². The summed E-state index contributed by atoms with van der Waals surface area (Å²) in [6.45, 7) is 5.82. The standard InChI is InChI=1S/C14H18N4O3/c1-8-5-9(2)12(10(3)6-8)21-7-11(19)15-13-16-14(20-4)18-17-13/h5-6H,7H2,1-4H3,(H2,15,16,17,18,19). The van der Waals surface area contributed by atoms with E-state index in [0.29, 0.717) is 0 Å². The maximum absolute atomic E-state index is 11.8. The summed E-state index contributed by atoms with van der Waals surface area (Å²) < 4.78 is 10.4. The number of hydrogen-bond acceptors (Lipinski definition) is 5.